The van der Waals surface area contributed by atoms with Crippen molar-refractivity contribution in [3.8, 4) is 17.0 Å². The molecule has 3 aromatic rings. The van der Waals surface area contributed by atoms with Crippen LogP contribution in [0.15, 0.2) is 66.9 Å². The summed E-state index contributed by atoms with van der Waals surface area (Å²) in [5.41, 5.74) is 7.90. The van der Waals surface area contributed by atoms with Crippen molar-refractivity contribution in [2.24, 2.45) is 5.73 Å². The fraction of sp³-hybridized carbons (Fsp3) is 0.0526. The molecule has 0 aliphatic carbocycles. The third-order valence-electron chi connectivity index (χ3n) is 3.48. The first-order valence-electron chi connectivity index (χ1n) is 7.61. The lowest BCUT2D eigenvalue weighted by Gasteiger charge is -2.11. The molecule has 0 saturated carbocycles. The van der Waals surface area contributed by atoms with Gasteiger partial charge in [0.15, 0.2) is 0 Å². The van der Waals surface area contributed by atoms with Gasteiger partial charge in [-0.3, -0.25) is 4.98 Å². The van der Waals surface area contributed by atoms with E-state index in [-0.39, 0.29) is 12.4 Å². The molecule has 0 bridgehead atoms. The van der Waals surface area contributed by atoms with Gasteiger partial charge in [0.1, 0.15) is 23.9 Å². The van der Waals surface area contributed by atoms with E-state index in [1.165, 1.54) is 12.1 Å². The quantitative estimate of drug-likeness (QED) is 0.740. The van der Waals surface area contributed by atoms with Crippen LogP contribution in [0.1, 0.15) is 5.56 Å². The zero-order valence-corrected chi connectivity index (χ0v) is 13.3. The number of hydrogen-bond acceptors (Lipinski definition) is 3. The number of pyridine rings is 1. The molecule has 2 amide bonds. The largest absolute Gasteiger partial charge is 0.487 e. The van der Waals surface area contributed by atoms with E-state index in [4.69, 9.17) is 10.5 Å². The van der Waals surface area contributed by atoms with Crippen molar-refractivity contribution in [1.29, 1.82) is 0 Å². The van der Waals surface area contributed by atoms with Crippen LogP contribution in [0.2, 0.25) is 0 Å². The van der Waals surface area contributed by atoms with Crippen LogP contribution in [-0.2, 0) is 6.61 Å². The second kappa shape index (κ2) is 7.44. The van der Waals surface area contributed by atoms with Crippen LogP contribution in [0.3, 0.4) is 0 Å². The molecule has 0 aliphatic rings. The maximum atomic E-state index is 13.3. The van der Waals surface area contributed by atoms with Crippen LogP contribution in [0.25, 0.3) is 11.3 Å². The van der Waals surface area contributed by atoms with Crippen molar-refractivity contribution in [1.82, 2.24) is 4.98 Å². The topological polar surface area (TPSA) is 77.2 Å². The second-order valence-corrected chi connectivity index (χ2v) is 5.34. The number of carbonyl (C=O) groups excluding carboxylic acids is 1. The summed E-state index contributed by atoms with van der Waals surface area (Å²) < 4.78 is 19.1. The average Bonchev–Trinajstić information content (AvgIpc) is 2.61. The number of nitrogens with zero attached hydrogens (tertiary/aromatic N) is 1. The number of nitrogens with two attached hydrogens (primary N) is 1. The number of halogens is 1. The summed E-state index contributed by atoms with van der Waals surface area (Å²) >= 11 is 0. The van der Waals surface area contributed by atoms with Crippen LogP contribution < -0.4 is 15.8 Å². The Hall–Kier alpha value is -3.41. The molecule has 2 aromatic carbocycles. The summed E-state index contributed by atoms with van der Waals surface area (Å²) in [6.45, 7) is 0.234. The van der Waals surface area contributed by atoms with Crippen molar-refractivity contribution >= 4 is 11.7 Å². The van der Waals surface area contributed by atoms with E-state index in [1.54, 1.807) is 42.6 Å². The smallest absolute Gasteiger partial charge is 0.316 e. The monoisotopic (exact) mass is 337 g/mol. The molecule has 0 saturated heterocycles. The molecule has 0 radical (unpaired) electrons. The van der Waals surface area contributed by atoms with Crippen LogP contribution in [0.5, 0.6) is 5.75 Å². The van der Waals surface area contributed by atoms with Gasteiger partial charge in [-0.05, 0) is 42.0 Å². The Morgan fingerprint density at radius 3 is 2.64 bits per heavy atom. The third kappa shape index (κ3) is 4.32. The van der Waals surface area contributed by atoms with E-state index in [0.717, 1.165) is 11.1 Å². The predicted molar refractivity (Wildman–Crippen MR) is 93.6 cm³/mol. The number of hydrogen-bond donors (Lipinski definition) is 2. The third-order valence-corrected chi connectivity index (χ3v) is 3.48. The molecule has 0 fully saturated rings. The van der Waals surface area contributed by atoms with E-state index in [9.17, 15) is 9.18 Å². The van der Waals surface area contributed by atoms with Gasteiger partial charge >= 0.3 is 6.03 Å². The SMILES string of the molecule is NC(=O)Nc1ccc(-c2ncccc2OCc2cccc(F)c2)cc1. The zero-order valence-electron chi connectivity index (χ0n) is 13.3. The molecule has 0 unspecified atom stereocenters. The lowest BCUT2D eigenvalue weighted by molar-refractivity contribution is 0.259. The Morgan fingerprint density at radius 2 is 1.92 bits per heavy atom. The van der Waals surface area contributed by atoms with Crippen molar-refractivity contribution in [3.05, 3.63) is 78.2 Å². The van der Waals surface area contributed by atoms with Crippen molar-refractivity contribution in [2.75, 3.05) is 5.32 Å². The molecule has 1 heterocycles. The fourth-order valence-electron chi connectivity index (χ4n) is 2.37. The molecule has 6 heteroatoms. The number of nitrogens with one attached hydrogen (secondary N) is 1. The first-order chi connectivity index (χ1) is 12.1. The van der Waals surface area contributed by atoms with Gasteiger partial charge in [0, 0.05) is 17.4 Å². The molecule has 0 spiro atoms. The first-order valence-corrected chi connectivity index (χ1v) is 7.61. The summed E-state index contributed by atoms with van der Waals surface area (Å²) in [5, 5.41) is 2.50. The molecule has 0 aliphatic heterocycles. The van der Waals surface area contributed by atoms with Gasteiger partial charge in [0.25, 0.3) is 0 Å². The Balaban J connectivity index is 1.79. The maximum absolute atomic E-state index is 13.3. The Bertz CT molecular complexity index is 882. The van der Waals surface area contributed by atoms with E-state index in [0.29, 0.717) is 17.1 Å². The van der Waals surface area contributed by atoms with E-state index < -0.39 is 6.03 Å². The molecule has 126 valence electrons. The summed E-state index contributed by atoms with van der Waals surface area (Å²) in [7, 11) is 0. The van der Waals surface area contributed by atoms with Crippen molar-refractivity contribution in [2.45, 2.75) is 6.61 Å². The molecule has 25 heavy (non-hydrogen) atoms. The van der Waals surface area contributed by atoms with Gasteiger partial charge in [-0.2, -0.15) is 0 Å². The highest BCUT2D eigenvalue weighted by molar-refractivity contribution is 5.88. The van der Waals surface area contributed by atoms with Crippen LogP contribution in [-0.4, -0.2) is 11.0 Å². The first kappa shape index (κ1) is 16.4. The number of urea groups is 1. The number of amides is 2. The number of rotatable bonds is 5. The van der Waals surface area contributed by atoms with Crippen LogP contribution in [0.4, 0.5) is 14.9 Å². The number of aromatic nitrogens is 1. The number of benzene rings is 2. The van der Waals surface area contributed by atoms with Gasteiger partial charge in [0.05, 0.1) is 0 Å². The van der Waals surface area contributed by atoms with Gasteiger partial charge in [0.2, 0.25) is 0 Å². The number of primary amides is 1. The Labute approximate surface area is 144 Å². The Kier molecular flexibility index (Phi) is 4.89. The van der Waals surface area contributed by atoms with Gasteiger partial charge in [-0.25, -0.2) is 9.18 Å². The average molecular weight is 337 g/mol. The van der Waals surface area contributed by atoms with Crippen molar-refractivity contribution < 1.29 is 13.9 Å². The number of ether oxygens (including phenoxy) is 1. The Morgan fingerprint density at radius 1 is 1.12 bits per heavy atom. The molecule has 5 nitrogen and oxygen atoms in total. The summed E-state index contributed by atoms with van der Waals surface area (Å²) in [4.78, 5) is 15.2. The number of carbonyl (C=O) groups is 1. The molecule has 3 rings (SSSR count). The maximum Gasteiger partial charge on any atom is 0.316 e. The van der Waals surface area contributed by atoms with Crippen LogP contribution >= 0.6 is 0 Å². The van der Waals surface area contributed by atoms with E-state index >= 15 is 0 Å². The highest BCUT2D eigenvalue weighted by atomic mass is 19.1. The summed E-state index contributed by atoms with van der Waals surface area (Å²) in [6, 6.07) is 16.3. The molecule has 1 aromatic heterocycles. The minimum Gasteiger partial charge on any atom is -0.487 e. The minimum absolute atomic E-state index is 0.234. The lowest BCUT2D eigenvalue weighted by Crippen LogP contribution is -2.19. The van der Waals surface area contributed by atoms with E-state index in [2.05, 4.69) is 10.3 Å². The van der Waals surface area contributed by atoms with Crippen molar-refractivity contribution in [3.63, 3.8) is 0 Å². The summed E-state index contributed by atoms with van der Waals surface area (Å²) in [5.74, 6) is 0.285. The van der Waals surface area contributed by atoms with E-state index in [1.807, 2.05) is 12.1 Å². The summed E-state index contributed by atoms with van der Waals surface area (Å²) in [6.07, 6.45) is 1.67. The number of anilines is 1. The predicted octanol–water partition coefficient (Wildman–Crippen LogP) is 3.96. The highest BCUT2D eigenvalue weighted by Crippen LogP contribution is 2.29. The second-order valence-electron chi connectivity index (χ2n) is 5.34. The van der Waals surface area contributed by atoms with Gasteiger partial charge < -0.3 is 15.8 Å². The molecular formula is C19H16FN3O2. The molecule has 3 N–H and O–H groups in total. The minimum atomic E-state index is -0.621. The molecular weight excluding hydrogens is 321 g/mol. The van der Waals surface area contributed by atoms with Gasteiger partial charge in [-0.15, -0.1) is 0 Å². The van der Waals surface area contributed by atoms with Crippen LogP contribution in [0, 0.1) is 5.82 Å². The standard InChI is InChI=1S/C19H16FN3O2/c20-15-4-1-3-13(11-15)12-25-17-5-2-10-22-18(17)14-6-8-16(9-7-14)23-19(21)24/h1-11H,12H2,(H3,21,23,24). The lowest BCUT2D eigenvalue weighted by atomic mass is 10.1. The fourth-order valence-corrected chi connectivity index (χ4v) is 2.37. The highest BCUT2D eigenvalue weighted by Gasteiger charge is 2.08. The normalized spacial score (nSPS) is 10.3. The zero-order chi connectivity index (χ0) is 17.6. The molecule has 0 atom stereocenters. The van der Waals surface area contributed by atoms with Gasteiger partial charge in [-0.1, -0.05) is 24.3 Å².